The van der Waals surface area contributed by atoms with Crippen molar-refractivity contribution >= 4 is 21.7 Å². The van der Waals surface area contributed by atoms with E-state index in [2.05, 4.69) is 5.32 Å². The number of sulfonamides is 1. The SMILES string of the molecule is CNc1nc(C2CCCN2C(C)=O)nc2c1CCN(S(=O)(=O)c1ccc(C)c(C)c1)C2. The van der Waals surface area contributed by atoms with Gasteiger partial charge >= 0.3 is 0 Å². The molecule has 2 aliphatic heterocycles. The van der Waals surface area contributed by atoms with Crippen molar-refractivity contribution in [3.63, 3.8) is 0 Å². The van der Waals surface area contributed by atoms with Crippen LogP contribution in [0.3, 0.4) is 0 Å². The Balaban J connectivity index is 1.69. The number of nitrogens with zero attached hydrogens (tertiary/aromatic N) is 4. The normalized spacial score (nSPS) is 19.4. The van der Waals surface area contributed by atoms with Crippen molar-refractivity contribution in [1.29, 1.82) is 0 Å². The third kappa shape index (κ3) is 3.92. The monoisotopic (exact) mass is 443 g/mol. The zero-order valence-electron chi connectivity index (χ0n) is 18.5. The molecule has 0 aliphatic carbocycles. The lowest BCUT2D eigenvalue weighted by Crippen LogP contribution is -2.37. The molecule has 1 aromatic heterocycles. The van der Waals surface area contributed by atoms with Crippen LogP contribution in [-0.4, -0.2) is 53.6 Å². The lowest BCUT2D eigenvalue weighted by molar-refractivity contribution is -0.129. The lowest BCUT2D eigenvalue weighted by atomic mass is 10.1. The predicted octanol–water partition coefficient (Wildman–Crippen LogP) is 2.57. The van der Waals surface area contributed by atoms with Gasteiger partial charge in [-0.05, 0) is 56.4 Å². The van der Waals surface area contributed by atoms with E-state index in [0.717, 1.165) is 35.3 Å². The Morgan fingerprint density at radius 2 is 1.94 bits per heavy atom. The molecular formula is C22H29N5O3S. The summed E-state index contributed by atoms with van der Waals surface area (Å²) in [4.78, 5) is 23.6. The molecule has 9 heteroatoms. The molecular weight excluding hydrogens is 414 g/mol. The number of fused-ring (bicyclic) bond motifs is 1. The second-order valence-electron chi connectivity index (χ2n) is 8.31. The fraction of sp³-hybridized carbons (Fsp3) is 0.500. The first-order valence-electron chi connectivity index (χ1n) is 10.6. The van der Waals surface area contributed by atoms with E-state index in [4.69, 9.17) is 9.97 Å². The molecule has 0 spiro atoms. The minimum Gasteiger partial charge on any atom is -0.373 e. The first-order valence-corrected chi connectivity index (χ1v) is 12.1. The van der Waals surface area contributed by atoms with Crippen LogP contribution in [0.2, 0.25) is 0 Å². The first-order chi connectivity index (χ1) is 14.7. The Labute approximate surface area is 183 Å². The molecule has 1 unspecified atom stereocenters. The van der Waals surface area contributed by atoms with Crippen molar-refractivity contribution in [3.8, 4) is 0 Å². The van der Waals surface area contributed by atoms with Gasteiger partial charge in [0.1, 0.15) is 5.82 Å². The van der Waals surface area contributed by atoms with Crippen LogP contribution in [-0.2, 0) is 27.8 Å². The molecule has 1 amide bonds. The highest BCUT2D eigenvalue weighted by atomic mass is 32.2. The van der Waals surface area contributed by atoms with Crippen LogP contribution in [0.5, 0.6) is 0 Å². The number of hydrogen-bond donors (Lipinski definition) is 1. The van der Waals surface area contributed by atoms with Crippen molar-refractivity contribution < 1.29 is 13.2 Å². The summed E-state index contributed by atoms with van der Waals surface area (Å²) in [6.07, 6.45) is 2.26. The van der Waals surface area contributed by atoms with Crippen molar-refractivity contribution in [2.45, 2.75) is 57.5 Å². The number of aryl methyl sites for hydroxylation is 2. The maximum Gasteiger partial charge on any atom is 0.243 e. The number of likely N-dealkylation sites (tertiary alicyclic amines) is 1. The van der Waals surface area contributed by atoms with Gasteiger partial charge in [-0.15, -0.1) is 0 Å². The van der Waals surface area contributed by atoms with Crippen LogP contribution in [0, 0.1) is 13.8 Å². The number of hydrogen-bond acceptors (Lipinski definition) is 6. The number of aromatic nitrogens is 2. The highest BCUT2D eigenvalue weighted by Crippen LogP contribution is 2.34. The van der Waals surface area contributed by atoms with E-state index in [-0.39, 0.29) is 18.5 Å². The molecule has 0 saturated carbocycles. The van der Waals surface area contributed by atoms with Crippen molar-refractivity contribution in [2.24, 2.45) is 0 Å². The molecule has 1 fully saturated rings. The molecule has 1 atom stereocenters. The molecule has 3 heterocycles. The van der Waals surface area contributed by atoms with Crippen molar-refractivity contribution in [1.82, 2.24) is 19.2 Å². The quantitative estimate of drug-likeness (QED) is 0.780. The number of carbonyl (C=O) groups excluding carboxylic acids is 1. The molecule has 0 radical (unpaired) electrons. The average Bonchev–Trinajstić information content (AvgIpc) is 3.24. The Hall–Kier alpha value is -2.52. The summed E-state index contributed by atoms with van der Waals surface area (Å²) in [6.45, 7) is 6.72. The predicted molar refractivity (Wildman–Crippen MR) is 118 cm³/mol. The van der Waals surface area contributed by atoms with Crippen molar-refractivity contribution in [3.05, 3.63) is 46.4 Å². The van der Waals surface area contributed by atoms with Gasteiger partial charge in [-0.3, -0.25) is 4.79 Å². The number of anilines is 1. The fourth-order valence-electron chi connectivity index (χ4n) is 4.42. The van der Waals surface area contributed by atoms with Crippen LogP contribution >= 0.6 is 0 Å². The molecule has 166 valence electrons. The van der Waals surface area contributed by atoms with E-state index in [1.807, 2.05) is 27.0 Å². The summed E-state index contributed by atoms with van der Waals surface area (Å²) < 4.78 is 28.1. The molecule has 2 aromatic rings. The number of carbonyl (C=O) groups is 1. The van der Waals surface area contributed by atoms with Crippen molar-refractivity contribution in [2.75, 3.05) is 25.5 Å². The zero-order valence-corrected chi connectivity index (χ0v) is 19.3. The van der Waals surface area contributed by atoms with Gasteiger partial charge in [0.05, 0.1) is 23.2 Å². The van der Waals surface area contributed by atoms with E-state index in [9.17, 15) is 13.2 Å². The number of rotatable bonds is 4. The van der Waals surface area contributed by atoms with Crippen LogP contribution in [0.1, 0.15) is 54.0 Å². The van der Waals surface area contributed by atoms with Gasteiger partial charge in [0.25, 0.3) is 0 Å². The van der Waals surface area contributed by atoms with Gasteiger partial charge in [-0.1, -0.05) is 6.07 Å². The smallest absolute Gasteiger partial charge is 0.243 e. The Morgan fingerprint density at radius 3 is 2.61 bits per heavy atom. The Kier molecular flexibility index (Phi) is 5.74. The molecule has 2 aliphatic rings. The standard InChI is InChI=1S/C22H29N5O3S/c1-14-7-8-17(12-15(14)2)31(29,30)26-11-9-18-19(13-26)24-22(25-21(18)23-4)20-6-5-10-27(20)16(3)28/h7-8,12,20H,5-6,9-11,13H2,1-4H3,(H,23,24,25). The topological polar surface area (TPSA) is 95.5 Å². The minimum atomic E-state index is -3.63. The van der Waals surface area contributed by atoms with Gasteiger partial charge in [-0.25, -0.2) is 18.4 Å². The number of benzene rings is 1. The molecule has 31 heavy (non-hydrogen) atoms. The lowest BCUT2D eigenvalue weighted by Gasteiger charge is -2.30. The summed E-state index contributed by atoms with van der Waals surface area (Å²) in [7, 11) is -1.82. The summed E-state index contributed by atoms with van der Waals surface area (Å²) in [5.41, 5.74) is 3.67. The van der Waals surface area contributed by atoms with Crippen LogP contribution in [0.4, 0.5) is 5.82 Å². The first kappa shape index (κ1) is 21.7. The molecule has 1 N–H and O–H groups in total. The Morgan fingerprint density at radius 1 is 1.16 bits per heavy atom. The second-order valence-corrected chi connectivity index (χ2v) is 10.2. The molecule has 1 aromatic carbocycles. The van der Waals surface area contributed by atoms with E-state index in [1.165, 1.54) is 4.31 Å². The van der Waals surface area contributed by atoms with E-state index < -0.39 is 10.0 Å². The molecule has 0 bridgehead atoms. The fourth-order valence-corrected chi connectivity index (χ4v) is 5.91. The van der Waals surface area contributed by atoms with Crippen LogP contribution in [0.15, 0.2) is 23.1 Å². The molecule has 4 rings (SSSR count). The maximum atomic E-state index is 13.3. The van der Waals surface area contributed by atoms with E-state index >= 15 is 0 Å². The second kappa shape index (κ2) is 8.20. The minimum absolute atomic E-state index is 0.00812. The van der Waals surface area contributed by atoms with Gasteiger partial charge in [0.15, 0.2) is 5.82 Å². The Bertz CT molecular complexity index is 1130. The summed E-state index contributed by atoms with van der Waals surface area (Å²) in [6, 6.07) is 5.08. The summed E-state index contributed by atoms with van der Waals surface area (Å²) in [5, 5.41) is 3.14. The van der Waals surface area contributed by atoms with Gasteiger partial charge < -0.3 is 10.2 Å². The largest absolute Gasteiger partial charge is 0.373 e. The van der Waals surface area contributed by atoms with Crippen LogP contribution < -0.4 is 5.32 Å². The highest BCUT2D eigenvalue weighted by molar-refractivity contribution is 7.89. The third-order valence-electron chi connectivity index (χ3n) is 6.36. The summed E-state index contributed by atoms with van der Waals surface area (Å²) in [5.74, 6) is 1.31. The van der Waals surface area contributed by atoms with Gasteiger partial charge in [0, 0.05) is 32.6 Å². The zero-order chi connectivity index (χ0) is 22.3. The average molecular weight is 444 g/mol. The highest BCUT2D eigenvalue weighted by Gasteiger charge is 2.34. The van der Waals surface area contributed by atoms with Gasteiger partial charge in [0.2, 0.25) is 15.9 Å². The molecule has 1 saturated heterocycles. The van der Waals surface area contributed by atoms with Gasteiger partial charge in [-0.2, -0.15) is 4.31 Å². The maximum absolute atomic E-state index is 13.3. The van der Waals surface area contributed by atoms with E-state index in [0.29, 0.717) is 35.9 Å². The molecule has 8 nitrogen and oxygen atoms in total. The van der Waals surface area contributed by atoms with Crippen LogP contribution in [0.25, 0.3) is 0 Å². The van der Waals surface area contributed by atoms with E-state index in [1.54, 1.807) is 24.0 Å². The number of amides is 1. The third-order valence-corrected chi connectivity index (χ3v) is 8.20. The summed E-state index contributed by atoms with van der Waals surface area (Å²) >= 11 is 0. The number of nitrogens with one attached hydrogen (secondary N) is 1.